The molecule has 9 heteroatoms. The fourth-order valence-electron chi connectivity index (χ4n) is 4.45. The number of amides is 1. The van der Waals surface area contributed by atoms with Gasteiger partial charge in [0.15, 0.2) is 11.5 Å². The lowest BCUT2D eigenvalue weighted by atomic mass is 10.1. The first-order valence-electron chi connectivity index (χ1n) is 12.0. The van der Waals surface area contributed by atoms with Crippen LogP contribution in [0.1, 0.15) is 10.4 Å². The maximum atomic E-state index is 12.9. The van der Waals surface area contributed by atoms with Crippen LogP contribution in [-0.2, 0) is 4.74 Å². The predicted molar refractivity (Wildman–Crippen MR) is 133 cm³/mol. The van der Waals surface area contributed by atoms with Gasteiger partial charge >= 0.3 is 0 Å². The monoisotopic (exact) mass is 485 g/mol. The van der Waals surface area contributed by atoms with Crippen LogP contribution in [0.2, 0.25) is 0 Å². The first-order valence-corrected chi connectivity index (χ1v) is 12.0. The number of benzene rings is 2. The van der Waals surface area contributed by atoms with E-state index in [-0.39, 0.29) is 12.5 Å². The third-order valence-corrected chi connectivity index (χ3v) is 6.39. The number of rotatable bonds is 9. The summed E-state index contributed by atoms with van der Waals surface area (Å²) in [6.45, 7) is 6.33. The van der Waals surface area contributed by atoms with Crippen molar-refractivity contribution in [2.45, 2.75) is 6.10 Å². The molecule has 2 aromatic rings. The number of piperazine rings is 1. The second-order valence-corrected chi connectivity index (χ2v) is 8.70. The molecule has 0 saturated carbocycles. The highest BCUT2D eigenvalue weighted by Crippen LogP contribution is 2.39. The molecule has 0 spiro atoms. The van der Waals surface area contributed by atoms with Crippen molar-refractivity contribution < 1.29 is 28.8 Å². The molecule has 1 amide bonds. The Balaban J connectivity index is 1.33. The second kappa shape index (κ2) is 12.1. The number of ether oxygens (including phenoxy) is 4. The molecular formula is C26H35N3O6. The van der Waals surface area contributed by atoms with Gasteiger partial charge in [-0.15, -0.1) is 0 Å². The SMILES string of the molecule is COc1cc(C(=O)N2CCOCC2)cc(OC)c1OCC(O)CN1CCN(c2ccccc2)CC1. The molecule has 2 saturated heterocycles. The van der Waals surface area contributed by atoms with Gasteiger partial charge < -0.3 is 33.9 Å². The molecule has 2 fully saturated rings. The molecule has 9 nitrogen and oxygen atoms in total. The summed E-state index contributed by atoms with van der Waals surface area (Å²) in [6, 6.07) is 13.7. The Morgan fingerprint density at radius 2 is 1.60 bits per heavy atom. The number of carbonyl (C=O) groups is 1. The van der Waals surface area contributed by atoms with Crippen LogP contribution in [-0.4, -0.2) is 107 Å². The molecule has 1 N–H and O–H groups in total. The molecule has 0 bridgehead atoms. The van der Waals surface area contributed by atoms with Crippen molar-refractivity contribution in [3.8, 4) is 17.2 Å². The van der Waals surface area contributed by atoms with E-state index >= 15 is 0 Å². The number of aliphatic hydroxyl groups excluding tert-OH is 1. The van der Waals surface area contributed by atoms with Crippen LogP contribution in [0, 0.1) is 0 Å². The zero-order valence-corrected chi connectivity index (χ0v) is 20.5. The zero-order valence-electron chi connectivity index (χ0n) is 20.5. The van der Waals surface area contributed by atoms with Gasteiger partial charge in [0, 0.05) is 57.1 Å². The van der Waals surface area contributed by atoms with Crippen molar-refractivity contribution in [2.24, 2.45) is 0 Å². The van der Waals surface area contributed by atoms with E-state index in [2.05, 4.69) is 34.1 Å². The Labute approximate surface area is 206 Å². The van der Waals surface area contributed by atoms with Crippen molar-refractivity contribution in [3.05, 3.63) is 48.0 Å². The molecule has 1 unspecified atom stereocenters. The number of methoxy groups -OCH3 is 2. The third-order valence-electron chi connectivity index (χ3n) is 6.39. The maximum Gasteiger partial charge on any atom is 0.254 e. The normalized spacial score (nSPS) is 17.7. The van der Waals surface area contributed by atoms with Gasteiger partial charge in [0.25, 0.3) is 5.91 Å². The third kappa shape index (κ3) is 6.36. The summed E-state index contributed by atoms with van der Waals surface area (Å²) in [4.78, 5) is 19.3. The van der Waals surface area contributed by atoms with Crippen LogP contribution in [0.3, 0.4) is 0 Å². The number of carbonyl (C=O) groups excluding carboxylic acids is 1. The van der Waals surface area contributed by atoms with Gasteiger partial charge in [-0.3, -0.25) is 9.69 Å². The number of β-amino-alcohol motifs (C(OH)–C–C–N with tert-alkyl or cyclic N) is 1. The number of para-hydroxylation sites is 1. The highest BCUT2D eigenvalue weighted by Gasteiger charge is 2.24. The van der Waals surface area contributed by atoms with Gasteiger partial charge in [0.2, 0.25) is 5.75 Å². The van der Waals surface area contributed by atoms with Crippen LogP contribution in [0.15, 0.2) is 42.5 Å². The van der Waals surface area contributed by atoms with Gasteiger partial charge in [-0.05, 0) is 24.3 Å². The lowest BCUT2D eigenvalue weighted by Gasteiger charge is -2.36. The van der Waals surface area contributed by atoms with Crippen molar-refractivity contribution in [2.75, 3.05) is 84.8 Å². The van der Waals surface area contributed by atoms with Gasteiger partial charge in [-0.1, -0.05) is 18.2 Å². The highest BCUT2D eigenvalue weighted by molar-refractivity contribution is 5.95. The summed E-state index contributed by atoms with van der Waals surface area (Å²) in [5, 5.41) is 10.7. The summed E-state index contributed by atoms with van der Waals surface area (Å²) in [5.41, 5.74) is 1.69. The van der Waals surface area contributed by atoms with Crippen molar-refractivity contribution in [3.63, 3.8) is 0 Å². The van der Waals surface area contributed by atoms with Gasteiger partial charge in [0.1, 0.15) is 12.7 Å². The van der Waals surface area contributed by atoms with E-state index in [4.69, 9.17) is 18.9 Å². The number of nitrogens with zero attached hydrogens (tertiary/aromatic N) is 3. The maximum absolute atomic E-state index is 12.9. The highest BCUT2D eigenvalue weighted by atomic mass is 16.5. The Morgan fingerprint density at radius 1 is 0.971 bits per heavy atom. The summed E-state index contributed by atoms with van der Waals surface area (Å²) >= 11 is 0. The lowest BCUT2D eigenvalue weighted by Crippen LogP contribution is -2.49. The van der Waals surface area contributed by atoms with Gasteiger partial charge in [-0.2, -0.15) is 0 Å². The van der Waals surface area contributed by atoms with Crippen LogP contribution in [0.4, 0.5) is 5.69 Å². The van der Waals surface area contributed by atoms with E-state index in [1.54, 1.807) is 17.0 Å². The lowest BCUT2D eigenvalue weighted by molar-refractivity contribution is 0.0302. The van der Waals surface area contributed by atoms with Crippen molar-refractivity contribution in [1.29, 1.82) is 0 Å². The molecule has 4 rings (SSSR count). The number of aliphatic hydroxyl groups is 1. The minimum atomic E-state index is -0.678. The quantitative estimate of drug-likeness (QED) is 0.575. The van der Waals surface area contributed by atoms with E-state index in [1.165, 1.54) is 19.9 Å². The van der Waals surface area contributed by atoms with Gasteiger partial charge in [-0.25, -0.2) is 0 Å². The minimum absolute atomic E-state index is 0.0857. The number of hydrogen-bond acceptors (Lipinski definition) is 8. The van der Waals surface area contributed by atoms with E-state index in [0.717, 1.165) is 26.2 Å². The van der Waals surface area contributed by atoms with Crippen molar-refractivity contribution in [1.82, 2.24) is 9.80 Å². The Hall–Kier alpha value is -3.01. The van der Waals surface area contributed by atoms with Crippen LogP contribution >= 0.6 is 0 Å². The summed E-state index contributed by atoms with van der Waals surface area (Å²) in [5.74, 6) is 1.06. The first-order chi connectivity index (χ1) is 17.1. The Morgan fingerprint density at radius 3 is 2.20 bits per heavy atom. The van der Waals surface area contributed by atoms with Crippen LogP contribution in [0.5, 0.6) is 17.2 Å². The molecule has 1 atom stereocenters. The second-order valence-electron chi connectivity index (χ2n) is 8.70. The van der Waals surface area contributed by atoms with E-state index in [9.17, 15) is 9.90 Å². The molecule has 2 aromatic carbocycles. The summed E-state index contributed by atoms with van der Waals surface area (Å²) in [6.07, 6.45) is -0.678. The first kappa shape index (κ1) is 25.1. The molecule has 0 aliphatic carbocycles. The number of hydrogen-bond donors (Lipinski definition) is 1. The Bertz CT molecular complexity index is 934. The van der Waals surface area contributed by atoms with E-state index in [1.807, 2.05) is 6.07 Å². The topological polar surface area (TPSA) is 83.9 Å². The molecule has 2 aliphatic rings. The van der Waals surface area contributed by atoms with E-state index < -0.39 is 6.10 Å². The standard InChI is InChI=1S/C26H35N3O6/c1-32-23-16-20(26(31)29-12-14-34-15-13-29)17-24(33-2)25(23)35-19-22(30)18-27-8-10-28(11-9-27)21-6-4-3-5-7-21/h3-7,16-17,22,30H,8-15,18-19H2,1-2H3. The number of morpholine rings is 1. The summed E-state index contributed by atoms with van der Waals surface area (Å²) < 4.78 is 22.3. The molecule has 190 valence electrons. The molecule has 0 radical (unpaired) electrons. The minimum Gasteiger partial charge on any atom is -0.493 e. The fraction of sp³-hybridized carbons (Fsp3) is 0.500. The molecular weight excluding hydrogens is 450 g/mol. The van der Waals surface area contributed by atoms with Crippen LogP contribution < -0.4 is 19.1 Å². The molecule has 35 heavy (non-hydrogen) atoms. The Kier molecular flexibility index (Phi) is 8.68. The fourth-order valence-corrected chi connectivity index (χ4v) is 4.45. The zero-order chi connectivity index (χ0) is 24.6. The smallest absolute Gasteiger partial charge is 0.254 e. The number of anilines is 1. The van der Waals surface area contributed by atoms with Crippen molar-refractivity contribution >= 4 is 11.6 Å². The average Bonchev–Trinajstić information content (AvgIpc) is 2.92. The van der Waals surface area contributed by atoms with Gasteiger partial charge in [0.05, 0.1) is 27.4 Å². The molecule has 0 aromatic heterocycles. The van der Waals surface area contributed by atoms with E-state index in [0.29, 0.717) is 55.7 Å². The largest absolute Gasteiger partial charge is 0.493 e. The van der Waals surface area contributed by atoms with Crippen LogP contribution in [0.25, 0.3) is 0 Å². The summed E-state index contributed by atoms with van der Waals surface area (Å²) in [7, 11) is 3.04. The molecule has 2 heterocycles. The molecule has 2 aliphatic heterocycles. The average molecular weight is 486 g/mol. The predicted octanol–water partition coefficient (Wildman–Crippen LogP) is 1.74.